The van der Waals surface area contributed by atoms with E-state index in [-0.39, 0.29) is 21.7 Å². The molecule has 0 spiro atoms. The molecule has 0 bridgehead atoms. The predicted octanol–water partition coefficient (Wildman–Crippen LogP) is 0.351. The minimum absolute atomic E-state index is 0.0145. The van der Waals surface area contributed by atoms with Crippen molar-refractivity contribution in [1.29, 1.82) is 0 Å². The van der Waals surface area contributed by atoms with Gasteiger partial charge in [-0.15, -0.1) is 0 Å². The lowest BCUT2D eigenvalue weighted by Crippen LogP contribution is -2.37. The summed E-state index contributed by atoms with van der Waals surface area (Å²) >= 11 is 8.96. The van der Waals surface area contributed by atoms with Gasteiger partial charge in [0.25, 0.3) is 0 Å². The third-order valence-electron chi connectivity index (χ3n) is 1.70. The molecule has 10 heteroatoms. The number of nitrogens with one attached hydrogen (secondary N) is 2. The van der Waals surface area contributed by atoms with Gasteiger partial charge >= 0.3 is 12.2 Å². The summed E-state index contributed by atoms with van der Waals surface area (Å²) < 4.78 is 9.75. The average Bonchev–Trinajstić information content (AvgIpc) is 2.29. The van der Waals surface area contributed by atoms with Gasteiger partial charge in [0.15, 0.2) is 21.7 Å². The zero-order valence-electron chi connectivity index (χ0n) is 9.91. The molecule has 0 aliphatic heterocycles. The number of hydrogen-bond donors (Lipinski definition) is 4. The average molecular weight is 314 g/mol. The van der Waals surface area contributed by atoms with Crippen molar-refractivity contribution in [2.45, 2.75) is 0 Å². The van der Waals surface area contributed by atoms with Crippen molar-refractivity contribution in [3.63, 3.8) is 0 Å². The van der Waals surface area contributed by atoms with Gasteiger partial charge in [0.05, 0.1) is 0 Å². The fraction of sp³-hybridized carbons (Fsp3) is 0. The van der Waals surface area contributed by atoms with Crippen LogP contribution < -0.4 is 31.6 Å². The number of carbonyl (C=O) groups is 2. The molecule has 0 radical (unpaired) electrons. The molecule has 0 unspecified atom stereocenters. The number of thiocarbonyl (C=S) groups is 2. The van der Waals surface area contributed by atoms with Gasteiger partial charge in [-0.3, -0.25) is 10.6 Å². The van der Waals surface area contributed by atoms with Crippen LogP contribution in [0, 0.1) is 0 Å². The van der Waals surface area contributed by atoms with Crippen LogP contribution in [-0.2, 0) is 0 Å². The Morgan fingerprint density at radius 3 is 1.55 bits per heavy atom. The molecule has 1 aromatic rings. The summed E-state index contributed by atoms with van der Waals surface area (Å²) in [5.41, 5.74) is 10.2. The molecule has 0 heterocycles. The molecule has 1 aromatic carbocycles. The Bertz CT molecular complexity index is 515. The molecule has 6 N–H and O–H groups in total. The van der Waals surface area contributed by atoms with Gasteiger partial charge in [-0.2, -0.15) is 0 Å². The molecule has 0 aromatic heterocycles. The van der Waals surface area contributed by atoms with E-state index in [0.29, 0.717) is 0 Å². The highest BCUT2D eigenvalue weighted by Gasteiger charge is 2.13. The van der Waals surface area contributed by atoms with Crippen LogP contribution in [0.2, 0.25) is 0 Å². The molecular formula is C10H10N4O4S2. The maximum absolute atomic E-state index is 11.3. The van der Waals surface area contributed by atoms with E-state index in [1.807, 2.05) is 0 Å². The largest absolute Gasteiger partial charge is 0.418 e. The smallest absolute Gasteiger partial charge is 0.406 e. The first-order chi connectivity index (χ1) is 9.38. The molecule has 2 amide bonds. The third-order valence-corrected chi connectivity index (χ3v) is 1.91. The lowest BCUT2D eigenvalue weighted by Gasteiger charge is -2.10. The number of carbonyl (C=O) groups excluding carboxylic acids is 2. The Labute approximate surface area is 124 Å². The van der Waals surface area contributed by atoms with Crippen molar-refractivity contribution in [2.24, 2.45) is 11.5 Å². The van der Waals surface area contributed by atoms with E-state index < -0.39 is 12.2 Å². The van der Waals surface area contributed by atoms with Crippen LogP contribution in [0.15, 0.2) is 24.3 Å². The van der Waals surface area contributed by atoms with Crippen molar-refractivity contribution in [3.05, 3.63) is 24.3 Å². The summed E-state index contributed by atoms with van der Waals surface area (Å²) in [4.78, 5) is 22.7. The fourth-order valence-electron chi connectivity index (χ4n) is 1.07. The summed E-state index contributed by atoms with van der Waals surface area (Å²) in [5.74, 6) is -0.0290. The number of nitrogens with two attached hydrogens (primary N) is 2. The number of rotatable bonds is 2. The molecule has 0 aliphatic rings. The van der Waals surface area contributed by atoms with Crippen LogP contribution in [0.25, 0.3) is 0 Å². The van der Waals surface area contributed by atoms with Gasteiger partial charge < -0.3 is 20.9 Å². The van der Waals surface area contributed by atoms with E-state index in [2.05, 4.69) is 35.1 Å². The summed E-state index contributed by atoms with van der Waals surface area (Å²) in [5, 5.41) is 3.61. The molecule has 106 valence electrons. The van der Waals surface area contributed by atoms with E-state index in [9.17, 15) is 9.59 Å². The number of para-hydroxylation sites is 2. The predicted molar refractivity (Wildman–Crippen MR) is 78.3 cm³/mol. The first-order valence-electron chi connectivity index (χ1n) is 5.04. The highest BCUT2D eigenvalue weighted by Crippen LogP contribution is 2.26. The Kier molecular flexibility index (Phi) is 5.62. The van der Waals surface area contributed by atoms with E-state index in [1.165, 1.54) is 12.1 Å². The van der Waals surface area contributed by atoms with Crippen molar-refractivity contribution in [3.8, 4) is 11.5 Å². The number of amides is 2. The second kappa shape index (κ2) is 7.21. The Morgan fingerprint density at radius 2 is 1.25 bits per heavy atom. The van der Waals surface area contributed by atoms with Crippen LogP contribution in [-0.4, -0.2) is 22.4 Å². The monoisotopic (exact) mass is 314 g/mol. The van der Waals surface area contributed by atoms with Crippen LogP contribution in [0.4, 0.5) is 9.59 Å². The standard InChI is InChI=1S/C10H10N4O4S2/c11-7(19)13-9(15)17-5-3-1-2-4-6(5)18-10(16)14-8(12)20/h1-4H,(H3,11,13,15,19)(H3,12,14,16,20). The maximum Gasteiger partial charge on any atom is 0.418 e. The molecule has 0 saturated heterocycles. The first-order valence-corrected chi connectivity index (χ1v) is 5.85. The fourth-order valence-corrected chi connectivity index (χ4v) is 1.24. The second-order valence-corrected chi connectivity index (χ2v) is 4.08. The highest BCUT2D eigenvalue weighted by atomic mass is 32.1. The quantitative estimate of drug-likeness (QED) is 0.576. The minimum Gasteiger partial charge on any atom is -0.406 e. The third kappa shape index (κ3) is 5.46. The van der Waals surface area contributed by atoms with Crippen LogP contribution in [0.3, 0.4) is 0 Å². The van der Waals surface area contributed by atoms with Crippen LogP contribution >= 0.6 is 24.4 Å². The molecule has 20 heavy (non-hydrogen) atoms. The van der Waals surface area contributed by atoms with Gasteiger partial charge in [-0.05, 0) is 36.6 Å². The lowest BCUT2D eigenvalue weighted by molar-refractivity contribution is 0.195. The summed E-state index contributed by atoms with van der Waals surface area (Å²) in [6.45, 7) is 0. The van der Waals surface area contributed by atoms with Crippen LogP contribution in [0.5, 0.6) is 11.5 Å². The van der Waals surface area contributed by atoms with Gasteiger partial charge in [0.1, 0.15) is 0 Å². The second-order valence-electron chi connectivity index (χ2n) is 3.20. The summed E-state index contributed by atoms with van der Waals surface area (Å²) in [7, 11) is 0. The first kappa shape index (κ1) is 15.6. The molecule has 1 rings (SSSR count). The Balaban J connectivity index is 2.77. The maximum atomic E-state index is 11.3. The van der Waals surface area contributed by atoms with Gasteiger partial charge in [0.2, 0.25) is 0 Å². The highest BCUT2D eigenvalue weighted by molar-refractivity contribution is 7.80. The molecular weight excluding hydrogens is 304 g/mol. The van der Waals surface area contributed by atoms with E-state index in [1.54, 1.807) is 12.1 Å². The lowest BCUT2D eigenvalue weighted by atomic mass is 10.3. The molecule has 8 nitrogen and oxygen atoms in total. The van der Waals surface area contributed by atoms with E-state index in [0.717, 1.165) is 0 Å². The summed E-state index contributed by atoms with van der Waals surface area (Å²) in [6, 6.07) is 5.95. The van der Waals surface area contributed by atoms with Crippen molar-refractivity contribution in [1.82, 2.24) is 10.6 Å². The van der Waals surface area contributed by atoms with Gasteiger partial charge in [-0.1, -0.05) is 12.1 Å². The van der Waals surface area contributed by atoms with Gasteiger partial charge in [-0.25, -0.2) is 9.59 Å². The molecule has 0 atom stereocenters. The van der Waals surface area contributed by atoms with E-state index >= 15 is 0 Å². The Morgan fingerprint density at radius 1 is 0.900 bits per heavy atom. The number of hydrogen-bond acceptors (Lipinski definition) is 6. The SMILES string of the molecule is NC(=S)NC(=O)Oc1ccccc1OC(=O)NC(N)=S. The number of ether oxygens (including phenoxy) is 2. The topological polar surface area (TPSA) is 129 Å². The van der Waals surface area contributed by atoms with Crippen LogP contribution in [0.1, 0.15) is 0 Å². The van der Waals surface area contributed by atoms with Crippen molar-refractivity contribution < 1.29 is 19.1 Å². The van der Waals surface area contributed by atoms with Gasteiger partial charge in [0, 0.05) is 0 Å². The summed E-state index contributed by atoms with van der Waals surface area (Å²) in [6.07, 6.45) is -1.83. The Hall–Kier alpha value is -2.46. The molecule has 0 saturated carbocycles. The zero-order valence-corrected chi connectivity index (χ0v) is 11.5. The zero-order chi connectivity index (χ0) is 15.1. The normalized spacial score (nSPS) is 9.20. The van der Waals surface area contributed by atoms with E-state index in [4.69, 9.17) is 20.9 Å². The van der Waals surface area contributed by atoms with Crippen molar-refractivity contribution >= 4 is 46.8 Å². The minimum atomic E-state index is -0.914. The molecule has 0 aliphatic carbocycles. The number of benzene rings is 1. The molecule has 0 fully saturated rings. The van der Waals surface area contributed by atoms with Crippen molar-refractivity contribution in [2.75, 3.05) is 0 Å².